The third-order valence-electron chi connectivity index (χ3n) is 6.28. The number of piperidine rings is 1. The molecule has 0 saturated carbocycles. The summed E-state index contributed by atoms with van der Waals surface area (Å²) in [5, 5.41) is 9.63. The molecule has 8 heteroatoms. The number of carbonyl (C=O) groups excluding carboxylic acids is 1. The van der Waals surface area contributed by atoms with Crippen molar-refractivity contribution in [2.24, 2.45) is 7.05 Å². The number of likely N-dealkylation sites (N-methyl/N-ethyl adjacent to an activating group) is 1. The Morgan fingerprint density at radius 1 is 1.14 bits per heavy atom. The minimum Gasteiger partial charge on any atom is -0.340 e. The molecule has 4 heterocycles. The van der Waals surface area contributed by atoms with Gasteiger partial charge in [-0.25, -0.2) is 4.39 Å². The van der Waals surface area contributed by atoms with Crippen molar-refractivity contribution in [2.45, 2.75) is 31.8 Å². The van der Waals surface area contributed by atoms with Crippen LogP contribution in [0.5, 0.6) is 0 Å². The first-order valence-electron chi connectivity index (χ1n) is 10.2. The predicted octanol–water partition coefficient (Wildman–Crippen LogP) is 2.37. The molecule has 5 rings (SSSR count). The van der Waals surface area contributed by atoms with Crippen LogP contribution in [0.15, 0.2) is 24.3 Å². The summed E-state index contributed by atoms with van der Waals surface area (Å²) in [4.78, 5) is 17.3. The second-order valence-electron chi connectivity index (χ2n) is 8.25. The number of aryl methyl sites for hydroxylation is 1. The van der Waals surface area contributed by atoms with Gasteiger partial charge in [-0.3, -0.25) is 4.79 Å². The van der Waals surface area contributed by atoms with Gasteiger partial charge in [0.05, 0.1) is 6.54 Å². The fourth-order valence-corrected chi connectivity index (χ4v) is 4.72. The highest BCUT2D eigenvalue weighted by atomic mass is 19.1. The van der Waals surface area contributed by atoms with E-state index in [4.69, 9.17) is 0 Å². The van der Waals surface area contributed by atoms with Crippen LogP contribution in [0.1, 0.15) is 40.9 Å². The molecule has 7 nitrogen and oxygen atoms in total. The molecule has 0 aliphatic carbocycles. The smallest absolute Gasteiger partial charge is 0.270 e. The van der Waals surface area contributed by atoms with Gasteiger partial charge >= 0.3 is 0 Å². The summed E-state index contributed by atoms with van der Waals surface area (Å²) >= 11 is 0. The van der Waals surface area contributed by atoms with Gasteiger partial charge in [-0.15, -0.1) is 10.2 Å². The molecule has 0 bridgehead atoms. The zero-order chi connectivity index (χ0) is 20.1. The van der Waals surface area contributed by atoms with Gasteiger partial charge in [0, 0.05) is 43.5 Å². The third-order valence-corrected chi connectivity index (χ3v) is 6.28. The number of hydrogen-bond donors (Lipinski definition) is 0. The number of nitrogens with zero attached hydrogens (tertiary/aromatic N) is 6. The fourth-order valence-electron chi connectivity index (χ4n) is 4.72. The average Bonchev–Trinajstić information content (AvgIpc) is 3.28. The Labute approximate surface area is 168 Å². The quantitative estimate of drug-likeness (QED) is 0.667. The number of amides is 1. The van der Waals surface area contributed by atoms with Crippen molar-refractivity contribution >= 4 is 16.8 Å². The summed E-state index contributed by atoms with van der Waals surface area (Å²) in [6, 6.07) is 6.36. The Balaban J connectivity index is 1.39. The molecule has 2 aliphatic rings. The molecule has 1 unspecified atom stereocenters. The van der Waals surface area contributed by atoms with Crippen molar-refractivity contribution in [3.05, 3.63) is 47.4 Å². The van der Waals surface area contributed by atoms with Crippen molar-refractivity contribution in [1.29, 1.82) is 0 Å². The Bertz CT molecular complexity index is 1090. The summed E-state index contributed by atoms with van der Waals surface area (Å²) in [6.07, 6.45) is 2.31. The molecule has 3 aromatic rings. The highest BCUT2D eigenvalue weighted by Crippen LogP contribution is 2.28. The zero-order valence-electron chi connectivity index (χ0n) is 16.8. The zero-order valence-corrected chi connectivity index (χ0v) is 16.8. The van der Waals surface area contributed by atoms with Gasteiger partial charge in [0.2, 0.25) is 0 Å². The van der Waals surface area contributed by atoms with Crippen LogP contribution in [0.4, 0.5) is 4.39 Å². The number of aromatic nitrogens is 4. The molecule has 0 spiro atoms. The molecule has 2 aliphatic heterocycles. The van der Waals surface area contributed by atoms with Crippen molar-refractivity contribution < 1.29 is 9.18 Å². The third kappa shape index (κ3) is 3.11. The number of hydrogen-bond acceptors (Lipinski definition) is 4. The molecule has 152 valence electrons. The molecule has 1 amide bonds. The average molecular weight is 396 g/mol. The van der Waals surface area contributed by atoms with Crippen LogP contribution in [0.25, 0.3) is 10.9 Å². The molecule has 2 aromatic heterocycles. The maximum atomic E-state index is 13.6. The summed E-state index contributed by atoms with van der Waals surface area (Å²) in [6.45, 7) is 3.92. The van der Waals surface area contributed by atoms with Gasteiger partial charge in [0.15, 0.2) is 5.82 Å². The van der Waals surface area contributed by atoms with Crippen LogP contribution in [0, 0.1) is 5.82 Å². The normalized spacial score (nSPS) is 20.2. The van der Waals surface area contributed by atoms with E-state index in [1.807, 2.05) is 16.5 Å². The number of carbonyl (C=O) groups is 1. The van der Waals surface area contributed by atoms with E-state index < -0.39 is 0 Å². The van der Waals surface area contributed by atoms with Crippen LogP contribution in [-0.2, 0) is 20.1 Å². The molecule has 1 fully saturated rings. The van der Waals surface area contributed by atoms with E-state index in [1.165, 1.54) is 18.6 Å². The van der Waals surface area contributed by atoms with Crippen molar-refractivity contribution in [3.63, 3.8) is 0 Å². The van der Waals surface area contributed by atoms with Gasteiger partial charge in [-0.2, -0.15) is 0 Å². The number of halogens is 1. The van der Waals surface area contributed by atoms with Crippen molar-refractivity contribution in [1.82, 2.24) is 29.1 Å². The lowest BCUT2D eigenvalue weighted by molar-refractivity contribution is 0.0696. The molecule has 0 radical (unpaired) electrons. The monoisotopic (exact) mass is 396 g/mol. The highest BCUT2D eigenvalue weighted by molar-refractivity contribution is 5.98. The second kappa shape index (κ2) is 6.95. The van der Waals surface area contributed by atoms with Gasteiger partial charge in [-0.05, 0) is 50.7 Å². The van der Waals surface area contributed by atoms with Crippen LogP contribution in [-0.4, -0.2) is 61.7 Å². The van der Waals surface area contributed by atoms with Crippen LogP contribution >= 0.6 is 0 Å². The van der Waals surface area contributed by atoms with Crippen LogP contribution in [0.3, 0.4) is 0 Å². The van der Waals surface area contributed by atoms with E-state index >= 15 is 0 Å². The molecular weight excluding hydrogens is 371 g/mol. The van der Waals surface area contributed by atoms with E-state index in [-0.39, 0.29) is 11.7 Å². The summed E-state index contributed by atoms with van der Waals surface area (Å²) in [5.41, 5.74) is 1.41. The topological polar surface area (TPSA) is 59.2 Å². The molecule has 1 saturated heterocycles. The van der Waals surface area contributed by atoms with Gasteiger partial charge < -0.3 is 18.9 Å². The maximum absolute atomic E-state index is 13.6. The van der Waals surface area contributed by atoms with Crippen molar-refractivity contribution in [3.8, 4) is 0 Å². The lowest BCUT2D eigenvalue weighted by Crippen LogP contribution is -2.40. The summed E-state index contributed by atoms with van der Waals surface area (Å²) in [7, 11) is 3.99. The largest absolute Gasteiger partial charge is 0.340 e. The summed E-state index contributed by atoms with van der Waals surface area (Å²) in [5.74, 6) is 1.95. The highest BCUT2D eigenvalue weighted by Gasteiger charge is 2.30. The van der Waals surface area contributed by atoms with Crippen LogP contribution < -0.4 is 0 Å². The first-order chi connectivity index (χ1) is 14.0. The number of fused-ring (bicyclic) bond motifs is 2. The molecule has 1 atom stereocenters. The Morgan fingerprint density at radius 3 is 2.83 bits per heavy atom. The lowest BCUT2D eigenvalue weighted by Gasteiger charge is -2.32. The van der Waals surface area contributed by atoms with E-state index in [0.717, 1.165) is 42.1 Å². The first kappa shape index (κ1) is 18.3. The van der Waals surface area contributed by atoms with Gasteiger partial charge in [0.25, 0.3) is 5.91 Å². The molecule has 29 heavy (non-hydrogen) atoms. The second-order valence-corrected chi connectivity index (χ2v) is 8.25. The van der Waals surface area contributed by atoms with E-state index in [0.29, 0.717) is 31.2 Å². The molecule has 0 N–H and O–H groups in total. The van der Waals surface area contributed by atoms with E-state index in [1.54, 1.807) is 12.1 Å². The Morgan fingerprint density at radius 2 is 2.00 bits per heavy atom. The lowest BCUT2D eigenvalue weighted by atomic mass is 9.97. The van der Waals surface area contributed by atoms with Gasteiger partial charge in [-0.1, -0.05) is 0 Å². The van der Waals surface area contributed by atoms with Gasteiger partial charge in [0.1, 0.15) is 17.3 Å². The maximum Gasteiger partial charge on any atom is 0.270 e. The summed E-state index contributed by atoms with van der Waals surface area (Å²) < 4.78 is 17.6. The molecular formula is C21H25FN6O. The predicted molar refractivity (Wildman–Crippen MR) is 107 cm³/mol. The first-order valence-corrected chi connectivity index (χ1v) is 10.2. The van der Waals surface area contributed by atoms with Crippen LogP contribution in [0.2, 0.25) is 0 Å². The number of rotatable bonds is 2. The fraction of sp³-hybridized carbons (Fsp3) is 0.476. The Kier molecular flexibility index (Phi) is 4.38. The van der Waals surface area contributed by atoms with E-state index in [9.17, 15) is 9.18 Å². The minimum atomic E-state index is -0.297. The standard InChI is InChI=1S/C21H25FN6O/c1-25-7-3-4-14(12-25)20-24-23-19-13-27(8-9-28(19)20)21(29)18-11-15-10-16(22)5-6-17(15)26(18)2/h5-6,10-11,14H,3-4,7-9,12-13H2,1-2H3. The van der Waals surface area contributed by atoms with Crippen molar-refractivity contribution in [2.75, 3.05) is 26.7 Å². The Hall–Kier alpha value is -2.74. The van der Waals surface area contributed by atoms with E-state index in [2.05, 4.69) is 26.7 Å². The SMILES string of the molecule is CN1CCCC(c2nnc3n2CCN(C(=O)c2cc4cc(F)ccc4n2C)C3)C1. The number of benzene rings is 1. The number of likely N-dealkylation sites (tertiary alicyclic amines) is 1. The molecule has 1 aromatic carbocycles. The minimum absolute atomic E-state index is 0.0580.